The van der Waals surface area contributed by atoms with Crippen LogP contribution in [0.15, 0.2) is 60.0 Å². The van der Waals surface area contributed by atoms with Crippen LogP contribution in [0.4, 0.5) is 0 Å². The van der Waals surface area contributed by atoms with Crippen molar-refractivity contribution < 1.29 is 0 Å². The van der Waals surface area contributed by atoms with Gasteiger partial charge >= 0.3 is 0 Å². The van der Waals surface area contributed by atoms with Crippen molar-refractivity contribution in [3.63, 3.8) is 0 Å². The van der Waals surface area contributed by atoms with Crippen molar-refractivity contribution in [2.75, 3.05) is 0 Å². The Morgan fingerprint density at radius 2 is 2.00 bits per heavy atom. The van der Waals surface area contributed by atoms with Gasteiger partial charge in [0, 0.05) is 10.8 Å². The van der Waals surface area contributed by atoms with E-state index < -0.39 is 0 Å². The Kier molecular flexibility index (Phi) is 3.15. The highest BCUT2D eigenvalue weighted by Gasteiger charge is 1.95. The lowest BCUT2D eigenvalue weighted by molar-refractivity contribution is 1.09. The molecular weight excluding hydrogens is 188 g/mol. The molecule has 0 N–H and O–H groups in total. The summed E-state index contributed by atoms with van der Waals surface area (Å²) < 4.78 is 0. The van der Waals surface area contributed by atoms with Gasteiger partial charge in [0.1, 0.15) is 0 Å². The molecule has 0 saturated carbocycles. The fourth-order valence-corrected chi connectivity index (χ4v) is 1.93. The molecule has 0 radical (unpaired) electrons. The van der Waals surface area contributed by atoms with Gasteiger partial charge in [-0.1, -0.05) is 48.6 Å². The molecular formula is C13H12S. The average molecular weight is 200 g/mol. The second-order valence-electron chi connectivity index (χ2n) is 3.11. The molecule has 0 spiro atoms. The lowest BCUT2D eigenvalue weighted by Gasteiger charge is -1.91. The summed E-state index contributed by atoms with van der Waals surface area (Å²) >= 11 is 1.76. The van der Waals surface area contributed by atoms with Crippen LogP contribution in [0.5, 0.6) is 0 Å². The fraction of sp³-hybridized carbons (Fsp3) is 0.0769. The zero-order valence-electron chi connectivity index (χ0n) is 7.84. The summed E-state index contributed by atoms with van der Waals surface area (Å²) in [7, 11) is 0. The molecule has 0 bridgehead atoms. The van der Waals surface area contributed by atoms with Gasteiger partial charge in [0.2, 0.25) is 0 Å². The minimum absolute atomic E-state index is 0.489. The van der Waals surface area contributed by atoms with E-state index in [4.69, 9.17) is 0 Å². The molecule has 1 heteroatoms. The summed E-state index contributed by atoms with van der Waals surface area (Å²) in [5, 5.41) is 2.09. The normalized spacial score (nSPS) is 16.6. The molecule has 0 amide bonds. The largest absolute Gasteiger partial charge is 0.144 e. The van der Waals surface area contributed by atoms with Crippen molar-refractivity contribution in [2.45, 2.75) is 0 Å². The molecule has 1 aromatic rings. The number of thiophene rings is 1. The second-order valence-corrected chi connectivity index (χ2v) is 4.09. The molecule has 70 valence electrons. The van der Waals surface area contributed by atoms with Gasteiger partial charge in [-0.15, -0.1) is 11.3 Å². The van der Waals surface area contributed by atoms with Gasteiger partial charge in [-0.2, -0.15) is 0 Å². The molecule has 1 aliphatic carbocycles. The standard InChI is InChI=1S/C13H12S/c1-2-7-12(6-1)8-3-4-9-13-10-5-11-14-13/h1-12H/b8-3+,9-4+. The van der Waals surface area contributed by atoms with Crippen LogP contribution in [-0.2, 0) is 0 Å². The smallest absolute Gasteiger partial charge is 0.0270 e. The predicted octanol–water partition coefficient (Wildman–Crippen LogP) is 4.06. The van der Waals surface area contributed by atoms with Crippen LogP contribution in [-0.4, -0.2) is 0 Å². The maximum Gasteiger partial charge on any atom is 0.0270 e. The van der Waals surface area contributed by atoms with E-state index in [2.05, 4.69) is 66.1 Å². The molecule has 1 aliphatic rings. The van der Waals surface area contributed by atoms with E-state index in [0.29, 0.717) is 5.92 Å². The van der Waals surface area contributed by atoms with Crippen LogP contribution >= 0.6 is 11.3 Å². The maximum absolute atomic E-state index is 2.18. The third-order valence-corrected chi connectivity index (χ3v) is 2.86. The Balaban J connectivity index is 1.87. The lowest BCUT2D eigenvalue weighted by atomic mass is 10.1. The molecule has 1 aromatic heterocycles. The molecule has 2 rings (SSSR count). The Morgan fingerprint density at radius 1 is 1.14 bits per heavy atom. The first-order valence-electron chi connectivity index (χ1n) is 4.68. The zero-order chi connectivity index (χ0) is 9.64. The molecule has 0 aromatic carbocycles. The highest BCUT2D eigenvalue weighted by atomic mass is 32.1. The molecule has 0 fully saturated rings. The lowest BCUT2D eigenvalue weighted by Crippen LogP contribution is -1.78. The highest BCUT2D eigenvalue weighted by molar-refractivity contribution is 7.10. The van der Waals surface area contributed by atoms with Crippen LogP contribution in [0.2, 0.25) is 0 Å². The van der Waals surface area contributed by atoms with Gasteiger partial charge in [-0.3, -0.25) is 0 Å². The number of hydrogen-bond donors (Lipinski definition) is 0. The number of allylic oxidation sites excluding steroid dienone is 7. The fourth-order valence-electron chi connectivity index (χ4n) is 1.31. The summed E-state index contributed by atoms with van der Waals surface area (Å²) in [5.41, 5.74) is 0. The number of hydrogen-bond acceptors (Lipinski definition) is 1. The van der Waals surface area contributed by atoms with Crippen molar-refractivity contribution >= 4 is 17.4 Å². The Labute approximate surface area is 88.6 Å². The monoisotopic (exact) mass is 200 g/mol. The van der Waals surface area contributed by atoms with Crippen LogP contribution < -0.4 is 0 Å². The minimum Gasteiger partial charge on any atom is -0.144 e. The van der Waals surface area contributed by atoms with Gasteiger partial charge in [-0.05, 0) is 17.5 Å². The van der Waals surface area contributed by atoms with Crippen molar-refractivity contribution in [2.24, 2.45) is 5.92 Å². The van der Waals surface area contributed by atoms with E-state index in [0.717, 1.165) is 0 Å². The van der Waals surface area contributed by atoms with E-state index >= 15 is 0 Å². The first-order chi connectivity index (χ1) is 6.95. The van der Waals surface area contributed by atoms with E-state index in [1.165, 1.54) is 4.88 Å². The van der Waals surface area contributed by atoms with Crippen molar-refractivity contribution in [3.8, 4) is 0 Å². The maximum atomic E-state index is 2.18. The molecule has 1 heterocycles. The van der Waals surface area contributed by atoms with Crippen LogP contribution in [0.3, 0.4) is 0 Å². The van der Waals surface area contributed by atoms with E-state index in [-0.39, 0.29) is 0 Å². The third kappa shape index (κ3) is 2.57. The average Bonchev–Trinajstić information content (AvgIpc) is 2.86. The Bertz CT molecular complexity index is 365. The second kappa shape index (κ2) is 4.77. The summed E-state index contributed by atoms with van der Waals surface area (Å²) in [6.07, 6.45) is 17.0. The quantitative estimate of drug-likeness (QED) is 0.645. The SMILES string of the molecule is C1=CC(/C=C/C=C/c2cccs2)C=C1. The van der Waals surface area contributed by atoms with Crippen LogP contribution in [0, 0.1) is 5.92 Å². The van der Waals surface area contributed by atoms with Gasteiger partial charge < -0.3 is 0 Å². The molecule has 0 nitrogen and oxygen atoms in total. The van der Waals surface area contributed by atoms with Gasteiger partial charge in [-0.25, -0.2) is 0 Å². The topological polar surface area (TPSA) is 0 Å². The summed E-state index contributed by atoms with van der Waals surface area (Å²) in [5.74, 6) is 0.489. The minimum atomic E-state index is 0.489. The van der Waals surface area contributed by atoms with E-state index in [9.17, 15) is 0 Å². The number of rotatable bonds is 3. The van der Waals surface area contributed by atoms with Crippen molar-refractivity contribution in [3.05, 3.63) is 64.9 Å². The zero-order valence-corrected chi connectivity index (χ0v) is 8.65. The van der Waals surface area contributed by atoms with Gasteiger partial charge in [0.05, 0.1) is 0 Å². The molecule has 0 atom stereocenters. The van der Waals surface area contributed by atoms with Crippen LogP contribution in [0.1, 0.15) is 4.88 Å². The summed E-state index contributed by atoms with van der Waals surface area (Å²) in [6.45, 7) is 0. The van der Waals surface area contributed by atoms with Crippen molar-refractivity contribution in [1.29, 1.82) is 0 Å². The highest BCUT2D eigenvalue weighted by Crippen LogP contribution is 2.12. The van der Waals surface area contributed by atoms with E-state index in [1.54, 1.807) is 11.3 Å². The Morgan fingerprint density at radius 3 is 2.71 bits per heavy atom. The van der Waals surface area contributed by atoms with Crippen LogP contribution in [0.25, 0.3) is 6.08 Å². The van der Waals surface area contributed by atoms with Gasteiger partial charge in [0.25, 0.3) is 0 Å². The summed E-state index contributed by atoms with van der Waals surface area (Å²) in [4.78, 5) is 1.30. The molecule has 0 aliphatic heterocycles. The molecule has 14 heavy (non-hydrogen) atoms. The first kappa shape index (κ1) is 9.22. The van der Waals surface area contributed by atoms with Gasteiger partial charge in [0.15, 0.2) is 0 Å². The van der Waals surface area contributed by atoms with Crippen molar-refractivity contribution in [1.82, 2.24) is 0 Å². The predicted molar refractivity (Wildman–Crippen MR) is 64.3 cm³/mol. The van der Waals surface area contributed by atoms with E-state index in [1.807, 2.05) is 0 Å². The first-order valence-corrected chi connectivity index (χ1v) is 5.56. The third-order valence-electron chi connectivity index (χ3n) is 2.03. The Hall–Kier alpha value is -1.34. The summed E-state index contributed by atoms with van der Waals surface area (Å²) in [6, 6.07) is 4.18. The molecule has 0 unspecified atom stereocenters. The molecule has 0 saturated heterocycles.